The Morgan fingerprint density at radius 1 is 1.25 bits per heavy atom. The fraction of sp³-hybridized carbons (Fsp3) is 0.176. The monoisotopic (exact) mass is 323 g/mol. The number of amides is 1. The van der Waals surface area contributed by atoms with Crippen LogP contribution in [0.2, 0.25) is 0 Å². The number of carbonyl (C=O) groups is 1. The van der Waals surface area contributed by atoms with Crippen molar-refractivity contribution in [2.75, 3.05) is 12.4 Å². The summed E-state index contributed by atoms with van der Waals surface area (Å²) in [5.74, 6) is 0.524. The number of aromatic nitrogens is 4. The second-order valence-corrected chi connectivity index (χ2v) is 5.29. The number of carbonyl (C=O) groups excluding carboxylic acids is 1. The Balaban J connectivity index is 1.79. The maximum atomic E-state index is 12.3. The molecular formula is C17H17N5O2. The smallest absolute Gasteiger partial charge is 0.228 e. The lowest BCUT2D eigenvalue weighted by atomic mass is 10.1. The average Bonchev–Trinajstić information content (AvgIpc) is 3.11. The van der Waals surface area contributed by atoms with Crippen molar-refractivity contribution in [2.45, 2.75) is 13.3 Å². The Bertz CT molecular complexity index is 846. The molecule has 0 radical (unpaired) electrons. The molecule has 0 unspecified atom stereocenters. The van der Waals surface area contributed by atoms with E-state index in [1.807, 2.05) is 31.2 Å². The molecule has 0 spiro atoms. The molecule has 1 heterocycles. The quantitative estimate of drug-likeness (QED) is 0.778. The van der Waals surface area contributed by atoms with Crippen molar-refractivity contribution in [3.8, 4) is 11.4 Å². The van der Waals surface area contributed by atoms with Crippen LogP contribution in [0, 0.1) is 6.92 Å². The van der Waals surface area contributed by atoms with Crippen LogP contribution >= 0.6 is 0 Å². The van der Waals surface area contributed by atoms with E-state index in [1.165, 1.54) is 11.0 Å². The predicted octanol–water partition coefficient (Wildman–Crippen LogP) is 2.16. The molecule has 1 N–H and O–H groups in total. The van der Waals surface area contributed by atoms with Gasteiger partial charge in [-0.25, -0.2) is 0 Å². The zero-order valence-electron chi connectivity index (χ0n) is 13.4. The van der Waals surface area contributed by atoms with Gasteiger partial charge in [0.15, 0.2) is 0 Å². The number of benzene rings is 2. The standard InChI is InChI=1S/C17H17N5O2/c1-12-5-3-4-6-13(12)9-17(23)19-14-7-8-16(24-2)15(10-14)22-11-18-20-21-22/h3-8,10-11H,9H2,1-2H3,(H,19,23). The molecule has 0 saturated heterocycles. The van der Waals surface area contributed by atoms with Gasteiger partial charge in [-0.15, -0.1) is 5.10 Å². The van der Waals surface area contributed by atoms with Crippen LogP contribution in [0.5, 0.6) is 5.75 Å². The second kappa shape index (κ2) is 6.91. The Hall–Kier alpha value is -3.22. The molecule has 0 aliphatic carbocycles. The van der Waals surface area contributed by atoms with Crippen molar-refractivity contribution in [3.05, 3.63) is 59.9 Å². The van der Waals surface area contributed by atoms with Crippen molar-refractivity contribution >= 4 is 11.6 Å². The van der Waals surface area contributed by atoms with E-state index in [0.29, 0.717) is 23.5 Å². The Kier molecular flexibility index (Phi) is 4.51. The number of nitrogens with one attached hydrogen (secondary N) is 1. The summed E-state index contributed by atoms with van der Waals surface area (Å²) < 4.78 is 6.79. The predicted molar refractivity (Wildman–Crippen MR) is 89.2 cm³/mol. The molecule has 2 aromatic carbocycles. The lowest BCUT2D eigenvalue weighted by molar-refractivity contribution is -0.115. The van der Waals surface area contributed by atoms with E-state index < -0.39 is 0 Å². The van der Waals surface area contributed by atoms with Gasteiger partial charge >= 0.3 is 0 Å². The van der Waals surface area contributed by atoms with Crippen molar-refractivity contribution in [3.63, 3.8) is 0 Å². The summed E-state index contributed by atoms with van der Waals surface area (Å²) in [6.45, 7) is 1.99. The van der Waals surface area contributed by atoms with Crippen LogP contribution in [0.15, 0.2) is 48.8 Å². The van der Waals surface area contributed by atoms with E-state index >= 15 is 0 Å². The number of ether oxygens (including phenoxy) is 1. The van der Waals surface area contributed by atoms with Crippen LogP contribution in [0.25, 0.3) is 5.69 Å². The number of tetrazole rings is 1. The molecule has 7 heteroatoms. The van der Waals surface area contributed by atoms with E-state index in [4.69, 9.17) is 4.74 Å². The van der Waals surface area contributed by atoms with Gasteiger partial charge in [0.1, 0.15) is 17.8 Å². The fourth-order valence-electron chi connectivity index (χ4n) is 2.41. The van der Waals surface area contributed by atoms with E-state index in [0.717, 1.165) is 11.1 Å². The number of hydrogen-bond donors (Lipinski definition) is 1. The molecule has 0 saturated carbocycles. The van der Waals surface area contributed by atoms with E-state index in [1.54, 1.807) is 25.3 Å². The lowest BCUT2D eigenvalue weighted by Crippen LogP contribution is -2.15. The molecule has 7 nitrogen and oxygen atoms in total. The zero-order valence-corrected chi connectivity index (χ0v) is 13.4. The number of hydrogen-bond acceptors (Lipinski definition) is 5. The highest BCUT2D eigenvalue weighted by Crippen LogP contribution is 2.25. The minimum atomic E-state index is -0.0860. The average molecular weight is 323 g/mol. The highest BCUT2D eigenvalue weighted by Gasteiger charge is 2.11. The molecule has 0 fully saturated rings. The van der Waals surface area contributed by atoms with Crippen LogP contribution in [0.4, 0.5) is 5.69 Å². The van der Waals surface area contributed by atoms with Gasteiger partial charge in [-0.1, -0.05) is 24.3 Å². The topological polar surface area (TPSA) is 81.9 Å². The van der Waals surface area contributed by atoms with Crippen molar-refractivity contribution in [1.29, 1.82) is 0 Å². The molecule has 0 aliphatic heterocycles. The van der Waals surface area contributed by atoms with Gasteiger partial charge in [0.25, 0.3) is 0 Å². The third-order valence-electron chi connectivity index (χ3n) is 3.67. The van der Waals surface area contributed by atoms with Gasteiger partial charge < -0.3 is 10.1 Å². The maximum Gasteiger partial charge on any atom is 0.228 e. The minimum absolute atomic E-state index is 0.0860. The number of rotatable bonds is 5. The van der Waals surface area contributed by atoms with Gasteiger partial charge in [0, 0.05) is 5.69 Å². The number of anilines is 1. The van der Waals surface area contributed by atoms with Crippen molar-refractivity contribution in [1.82, 2.24) is 20.2 Å². The lowest BCUT2D eigenvalue weighted by Gasteiger charge is -2.11. The number of methoxy groups -OCH3 is 1. The fourth-order valence-corrected chi connectivity index (χ4v) is 2.41. The van der Waals surface area contributed by atoms with E-state index in [9.17, 15) is 4.79 Å². The number of nitrogens with zero attached hydrogens (tertiary/aromatic N) is 4. The molecule has 1 aromatic heterocycles. The summed E-state index contributed by atoms with van der Waals surface area (Å²) in [6, 6.07) is 13.1. The van der Waals surface area contributed by atoms with Gasteiger partial charge in [-0.05, 0) is 46.7 Å². The van der Waals surface area contributed by atoms with Gasteiger partial charge in [-0.2, -0.15) is 4.68 Å². The van der Waals surface area contributed by atoms with Crippen LogP contribution < -0.4 is 10.1 Å². The summed E-state index contributed by atoms with van der Waals surface area (Å²) in [5.41, 5.74) is 3.40. The normalized spacial score (nSPS) is 10.4. The molecule has 0 atom stereocenters. The Morgan fingerprint density at radius 3 is 2.79 bits per heavy atom. The van der Waals surface area contributed by atoms with Gasteiger partial charge in [-0.3, -0.25) is 4.79 Å². The second-order valence-electron chi connectivity index (χ2n) is 5.29. The Morgan fingerprint density at radius 2 is 2.08 bits per heavy atom. The Labute approximate surface area is 139 Å². The summed E-state index contributed by atoms with van der Waals surface area (Å²) in [7, 11) is 1.57. The highest BCUT2D eigenvalue weighted by molar-refractivity contribution is 5.92. The molecule has 122 valence electrons. The molecule has 0 bridgehead atoms. The van der Waals surface area contributed by atoms with Crippen molar-refractivity contribution < 1.29 is 9.53 Å². The minimum Gasteiger partial charge on any atom is -0.494 e. The third kappa shape index (κ3) is 3.40. The van der Waals surface area contributed by atoms with Gasteiger partial charge in [0.05, 0.1) is 13.5 Å². The summed E-state index contributed by atoms with van der Waals surface area (Å²) in [5, 5.41) is 14.0. The van der Waals surface area contributed by atoms with Gasteiger partial charge in [0.2, 0.25) is 5.91 Å². The van der Waals surface area contributed by atoms with E-state index in [2.05, 4.69) is 20.8 Å². The van der Waals surface area contributed by atoms with E-state index in [-0.39, 0.29) is 5.91 Å². The van der Waals surface area contributed by atoms with Crippen LogP contribution in [0.3, 0.4) is 0 Å². The van der Waals surface area contributed by atoms with Crippen molar-refractivity contribution in [2.24, 2.45) is 0 Å². The molecule has 24 heavy (non-hydrogen) atoms. The molecule has 3 rings (SSSR count). The zero-order chi connectivity index (χ0) is 16.9. The molecule has 0 aliphatic rings. The van der Waals surface area contributed by atoms with Crippen LogP contribution in [0.1, 0.15) is 11.1 Å². The first-order valence-electron chi connectivity index (χ1n) is 7.43. The molecule has 1 amide bonds. The SMILES string of the molecule is COc1ccc(NC(=O)Cc2ccccc2C)cc1-n1cnnn1. The maximum absolute atomic E-state index is 12.3. The summed E-state index contributed by atoms with van der Waals surface area (Å²) >= 11 is 0. The third-order valence-corrected chi connectivity index (χ3v) is 3.67. The largest absolute Gasteiger partial charge is 0.494 e. The molecular weight excluding hydrogens is 306 g/mol. The van der Waals surface area contributed by atoms with Crippen LogP contribution in [-0.2, 0) is 11.2 Å². The first-order valence-corrected chi connectivity index (χ1v) is 7.43. The van der Waals surface area contributed by atoms with Crippen LogP contribution in [-0.4, -0.2) is 33.2 Å². The highest BCUT2D eigenvalue weighted by atomic mass is 16.5. The first kappa shape index (κ1) is 15.7. The molecule has 3 aromatic rings. The summed E-state index contributed by atoms with van der Waals surface area (Å²) in [6.07, 6.45) is 1.79. The first-order chi connectivity index (χ1) is 11.7. The number of aryl methyl sites for hydroxylation is 1. The summed E-state index contributed by atoms with van der Waals surface area (Å²) in [4.78, 5) is 12.3.